The molecule has 0 unspecified atom stereocenters. The molecule has 1 saturated heterocycles. The van der Waals surface area contributed by atoms with Crippen LogP contribution in [-0.4, -0.2) is 47.6 Å². The maximum absolute atomic E-state index is 4.63. The van der Waals surface area contributed by atoms with E-state index in [2.05, 4.69) is 55.9 Å². The molecule has 0 bridgehead atoms. The van der Waals surface area contributed by atoms with Gasteiger partial charge in [0, 0.05) is 30.1 Å². The quantitative estimate of drug-likeness (QED) is 0.846. The molecule has 5 nitrogen and oxygen atoms in total. The first-order valence-electron chi connectivity index (χ1n) is 6.89. The van der Waals surface area contributed by atoms with Crippen LogP contribution in [0, 0.1) is 0 Å². The molecule has 1 aromatic carbocycles. The lowest BCUT2D eigenvalue weighted by atomic mass is 10.2. The average Bonchev–Trinajstić information content (AvgIpc) is 2.83. The van der Waals surface area contributed by atoms with E-state index >= 15 is 0 Å². The number of benzene rings is 1. The first-order valence-corrected chi connectivity index (χ1v) is 8.12. The van der Waals surface area contributed by atoms with E-state index in [9.17, 15) is 0 Å². The van der Waals surface area contributed by atoms with Crippen molar-refractivity contribution in [3.8, 4) is 11.4 Å². The zero-order chi connectivity index (χ0) is 13.8. The monoisotopic (exact) mass is 289 g/mol. The van der Waals surface area contributed by atoms with Crippen molar-refractivity contribution in [2.45, 2.75) is 11.3 Å². The van der Waals surface area contributed by atoms with Gasteiger partial charge in [-0.25, -0.2) is 0 Å². The minimum atomic E-state index is 0.803. The summed E-state index contributed by atoms with van der Waals surface area (Å²) in [5, 5.41) is 10.8. The van der Waals surface area contributed by atoms with Crippen LogP contribution < -0.4 is 10.2 Å². The molecule has 0 spiro atoms. The summed E-state index contributed by atoms with van der Waals surface area (Å²) in [7, 11) is 0. The van der Waals surface area contributed by atoms with Gasteiger partial charge in [-0.2, -0.15) is 4.98 Å². The summed E-state index contributed by atoms with van der Waals surface area (Å²) in [5.74, 6) is 1.64. The first kappa shape index (κ1) is 13.5. The van der Waals surface area contributed by atoms with E-state index in [0.29, 0.717) is 0 Å². The molecule has 1 fully saturated rings. The van der Waals surface area contributed by atoms with Gasteiger partial charge >= 0.3 is 0 Å². The molecule has 2 N–H and O–H groups in total. The number of thioether (sulfide) groups is 1. The Morgan fingerprint density at radius 2 is 2.00 bits per heavy atom. The number of rotatable bonds is 3. The Morgan fingerprint density at radius 1 is 1.15 bits per heavy atom. The molecule has 2 heterocycles. The summed E-state index contributed by atoms with van der Waals surface area (Å²) >= 11 is 1.74. The molecule has 106 valence electrons. The van der Waals surface area contributed by atoms with Gasteiger partial charge in [0.15, 0.2) is 5.82 Å². The number of nitrogens with zero attached hydrogens (tertiary/aromatic N) is 3. The third kappa shape index (κ3) is 2.96. The highest BCUT2D eigenvalue weighted by Gasteiger charge is 2.14. The minimum absolute atomic E-state index is 0.803. The van der Waals surface area contributed by atoms with Crippen molar-refractivity contribution in [2.24, 2.45) is 0 Å². The first-order chi connectivity index (χ1) is 9.86. The highest BCUT2D eigenvalue weighted by atomic mass is 32.2. The standard InChI is InChI=1S/C14H19N5S/c1-20-12-5-3-11(4-6-12)13-16-14(18-17-13)19-9-2-7-15-8-10-19/h3-6,15H,2,7-10H2,1H3,(H,16,17,18). The maximum atomic E-state index is 4.63. The molecule has 0 radical (unpaired) electrons. The predicted molar refractivity (Wildman–Crippen MR) is 83.3 cm³/mol. The second-order valence-electron chi connectivity index (χ2n) is 4.80. The van der Waals surface area contributed by atoms with E-state index in [-0.39, 0.29) is 0 Å². The van der Waals surface area contributed by atoms with Gasteiger partial charge in [-0.3, -0.25) is 5.10 Å². The third-order valence-corrected chi connectivity index (χ3v) is 4.20. The lowest BCUT2D eigenvalue weighted by molar-refractivity contribution is 0.724. The van der Waals surface area contributed by atoms with E-state index in [1.165, 1.54) is 4.90 Å². The predicted octanol–water partition coefficient (Wildman–Crippen LogP) is 1.99. The molecule has 1 aliphatic rings. The van der Waals surface area contributed by atoms with Crippen LogP contribution in [0.15, 0.2) is 29.2 Å². The number of hydrogen-bond donors (Lipinski definition) is 2. The Balaban J connectivity index is 1.78. The van der Waals surface area contributed by atoms with Gasteiger partial charge in [0.05, 0.1) is 0 Å². The van der Waals surface area contributed by atoms with Crippen LogP contribution in [-0.2, 0) is 0 Å². The van der Waals surface area contributed by atoms with Crippen molar-refractivity contribution in [1.29, 1.82) is 0 Å². The van der Waals surface area contributed by atoms with E-state index in [1.54, 1.807) is 11.8 Å². The smallest absolute Gasteiger partial charge is 0.245 e. The van der Waals surface area contributed by atoms with E-state index in [4.69, 9.17) is 0 Å². The van der Waals surface area contributed by atoms with Crippen molar-refractivity contribution >= 4 is 17.7 Å². The largest absolute Gasteiger partial charge is 0.338 e. The van der Waals surface area contributed by atoms with Crippen LogP contribution >= 0.6 is 11.8 Å². The number of anilines is 1. The van der Waals surface area contributed by atoms with Gasteiger partial charge in [-0.15, -0.1) is 16.9 Å². The summed E-state index contributed by atoms with van der Waals surface area (Å²) in [4.78, 5) is 8.11. The Bertz CT molecular complexity index is 543. The summed E-state index contributed by atoms with van der Waals surface area (Å²) in [6.45, 7) is 4.04. The minimum Gasteiger partial charge on any atom is -0.338 e. The van der Waals surface area contributed by atoms with Gasteiger partial charge in [0.2, 0.25) is 5.95 Å². The molecule has 1 aliphatic heterocycles. The van der Waals surface area contributed by atoms with Crippen molar-refractivity contribution in [2.75, 3.05) is 37.3 Å². The van der Waals surface area contributed by atoms with Crippen molar-refractivity contribution in [3.05, 3.63) is 24.3 Å². The number of aromatic amines is 1. The van der Waals surface area contributed by atoms with E-state index in [0.717, 1.165) is 49.9 Å². The summed E-state index contributed by atoms with van der Waals surface area (Å²) in [6.07, 6.45) is 3.21. The Morgan fingerprint density at radius 3 is 2.80 bits per heavy atom. The highest BCUT2D eigenvalue weighted by molar-refractivity contribution is 7.98. The second kappa shape index (κ2) is 6.28. The molecule has 1 aromatic heterocycles. The van der Waals surface area contributed by atoms with Crippen LogP contribution in [0.3, 0.4) is 0 Å². The summed E-state index contributed by atoms with van der Waals surface area (Å²) in [6, 6.07) is 8.39. The van der Waals surface area contributed by atoms with Gasteiger partial charge in [-0.05, 0) is 31.4 Å². The van der Waals surface area contributed by atoms with Gasteiger partial charge in [-0.1, -0.05) is 12.1 Å². The fourth-order valence-corrected chi connectivity index (χ4v) is 2.73. The molecule has 0 amide bonds. The summed E-state index contributed by atoms with van der Waals surface area (Å²) < 4.78 is 0. The molecule has 6 heteroatoms. The van der Waals surface area contributed by atoms with Crippen LogP contribution in [0.5, 0.6) is 0 Å². The van der Waals surface area contributed by atoms with Gasteiger partial charge < -0.3 is 10.2 Å². The van der Waals surface area contributed by atoms with Gasteiger partial charge in [0.25, 0.3) is 0 Å². The average molecular weight is 289 g/mol. The lowest BCUT2D eigenvalue weighted by Crippen LogP contribution is -2.28. The number of aromatic nitrogens is 3. The zero-order valence-electron chi connectivity index (χ0n) is 11.6. The van der Waals surface area contributed by atoms with Crippen LogP contribution in [0.2, 0.25) is 0 Å². The Labute approximate surface area is 123 Å². The fourth-order valence-electron chi connectivity index (χ4n) is 2.32. The normalized spacial score (nSPS) is 16.1. The molecule has 20 heavy (non-hydrogen) atoms. The van der Waals surface area contributed by atoms with Crippen LogP contribution in [0.1, 0.15) is 6.42 Å². The molecule has 0 aliphatic carbocycles. The molecule has 3 rings (SSSR count). The topological polar surface area (TPSA) is 56.8 Å². The second-order valence-corrected chi connectivity index (χ2v) is 5.68. The Hall–Kier alpha value is -1.53. The lowest BCUT2D eigenvalue weighted by Gasteiger charge is -2.16. The number of hydrogen-bond acceptors (Lipinski definition) is 5. The van der Waals surface area contributed by atoms with Crippen LogP contribution in [0.4, 0.5) is 5.95 Å². The Kier molecular flexibility index (Phi) is 4.22. The third-order valence-electron chi connectivity index (χ3n) is 3.46. The van der Waals surface area contributed by atoms with Crippen molar-refractivity contribution in [1.82, 2.24) is 20.5 Å². The zero-order valence-corrected chi connectivity index (χ0v) is 12.4. The van der Waals surface area contributed by atoms with Crippen molar-refractivity contribution < 1.29 is 0 Å². The van der Waals surface area contributed by atoms with E-state index in [1.807, 2.05) is 0 Å². The van der Waals surface area contributed by atoms with Crippen LogP contribution in [0.25, 0.3) is 11.4 Å². The van der Waals surface area contributed by atoms with E-state index < -0.39 is 0 Å². The highest BCUT2D eigenvalue weighted by Crippen LogP contribution is 2.21. The number of H-pyrrole nitrogens is 1. The summed E-state index contributed by atoms with van der Waals surface area (Å²) in [5.41, 5.74) is 1.08. The SMILES string of the molecule is CSc1ccc(-c2nc(N3CCCNCC3)n[nH]2)cc1. The molecule has 0 atom stereocenters. The molecular formula is C14H19N5S. The van der Waals surface area contributed by atoms with Crippen molar-refractivity contribution in [3.63, 3.8) is 0 Å². The maximum Gasteiger partial charge on any atom is 0.245 e. The number of nitrogens with one attached hydrogen (secondary N) is 2. The van der Waals surface area contributed by atoms with Gasteiger partial charge in [0.1, 0.15) is 0 Å². The fraction of sp³-hybridized carbons (Fsp3) is 0.429. The molecule has 2 aromatic rings. The molecule has 0 saturated carbocycles. The molecular weight excluding hydrogens is 270 g/mol.